The highest BCUT2D eigenvalue weighted by atomic mass is 16.5. The van der Waals surface area contributed by atoms with E-state index in [1.165, 1.54) is 11.1 Å². The Hall–Kier alpha value is -0.860. The van der Waals surface area contributed by atoms with Gasteiger partial charge in [-0.25, -0.2) is 0 Å². The van der Waals surface area contributed by atoms with Crippen LogP contribution in [0.3, 0.4) is 0 Å². The van der Waals surface area contributed by atoms with Gasteiger partial charge >= 0.3 is 0 Å². The molecule has 0 saturated heterocycles. The predicted octanol–water partition coefficient (Wildman–Crippen LogP) is 2.97. The summed E-state index contributed by atoms with van der Waals surface area (Å²) in [7, 11) is 1.77. The van der Waals surface area contributed by atoms with Crippen LogP contribution in [0.15, 0.2) is 24.3 Å². The standard InChI is InChI=1S/C15H25NO/c1-12(2)9-16-10-14(11-17-4)15-8-6-5-7-13(15)3/h5-8,12,14,16H,9-11H2,1-4H3. The third kappa shape index (κ3) is 4.88. The zero-order valence-corrected chi connectivity index (χ0v) is 11.5. The van der Waals surface area contributed by atoms with Crippen LogP contribution in [0.2, 0.25) is 0 Å². The lowest BCUT2D eigenvalue weighted by atomic mass is 9.95. The van der Waals surface area contributed by atoms with Crippen LogP contribution < -0.4 is 5.32 Å². The van der Waals surface area contributed by atoms with Gasteiger partial charge in [0.1, 0.15) is 0 Å². The van der Waals surface area contributed by atoms with Gasteiger partial charge < -0.3 is 10.1 Å². The van der Waals surface area contributed by atoms with Crippen molar-refractivity contribution in [3.63, 3.8) is 0 Å². The average molecular weight is 235 g/mol. The molecule has 1 aromatic rings. The lowest BCUT2D eigenvalue weighted by Crippen LogP contribution is -2.27. The maximum Gasteiger partial charge on any atom is 0.0543 e. The topological polar surface area (TPSA) is 21.3 Å². The fourth-order valence-electron chi connectivity index (χ4n) is 2.05. The van der Waals surface area contributed by atoms with E-state index < -0.39 is 0 Å². The average Bonchev–Trinajstić information content (AvgIpc) is 2.28. The molecule has 0 fully saturated rings. The molecule has 96 valence electrons. The Kier molecular flexibility index (Phi) is 6.23. The summed E-state index contributed by atoms with van der Waals surface area (Å²) in [4.78, 5) is 0. The Balaban J connectivity index is 2.62. The SMILES string of the molecule is COCC(CNCC(C)C)c1ccccc1C. The summed E-state index contributed by atoms with van der Waals surface area (Å²) >= 11 is 0. The summed E-state index contributed by atoms with van der Waals surface area (Å²) in [5, 5.41) is 3.52. The van der Waals surface area contributed by atoms with Crippen LogP contribution in [0.5, 0.6) is 0 Å². The molecule has 0 aliphatic rings. The first-order valence-corrected chi connectivity index (χ1v) is 6.40. The van der Waals surface area contributed by atoms with Crippen molar-refractivity contribution < 1.29 is 4.74 Å². The quantitative estimate of drug-likeness (QED) is 0.784. The molecule has 0 saturated carbocycles. The Morgan fingerprint density at radius 3 is 2.47 bits per heavy atom. The fraction of sp³-hybridized carbons (Fsp3) is 0.600. The predicted molar refractivity (Wildman–Crippen MR) is 73.5 cm³/mol. The molecule has 2 nitrogen and oxygen atoms in total. The van der Waals surface area contributed by atoms with E-state index in [1.807, 2.05) is 0 Å². The van der Waals surface area contributed by atoms with Gasteiger partial charge in [0.15, 0.2) is 0 Å². The molecule has 1 rings (SSSR count). The first-order valence-electron chi connectivity index (χ1n) is 6.40. The van der Waals surface area contributed by atoms with Gasteiger partial charge in [0.25, 0.3) is 0 Å². The summed E-state index contributed by atoms with van der Waals surface area (Å²) in [6.45, 7) is 9.44. The molecule has 0 heterocycles. The maximum absolute atomic E-state index is 5.33. The highest BCUT2D eigenvalue weighted by molar-refractivity contribution is 5.29. The molecule has 0 aliphatic heterocycles. The molecule has 1 aromatic carbocycles. The van der Waals surface area contributed by atoms with Gasteiger partial charge in [-0.2, -0.15) is 0 Å². The van der Waals surface area contributed by atoms with E-state index in [1.54, 1.807) is 7.11 Å². The number of nitrogens with one attached hydrogen (secondary N) is 1. The van der Waals surface area contributed by atoms with E-state index >= 15 is 0 Å². The van der Waals surface area contributed by atoms with Crippen LogP contribution in [-0.2, 0) is 4.74 Å². The van der Waals surface area contributed by atoms with Crippen molar-refractivity contribution in [1.29, 1.82) is 0 Å². The van der Waals surface area contributed by atoms with E-state index in [0.29, 0.717) is 11.8 Å². The van der Waals surface area contributed by atoms with Crippen molar-refractivity contribution >= 4 is 0 Å². The van der Waals surface area contributed by atoms with Crippen molar-refractivity contribution in [2.24, 2.45) is 5.92 Å². The number of ether oxygens (including phenoxy) is 1. The highest BCUT2D eigenvalue weighted by Crippen LogP contribution is 2.19. The van der Waals surface area contributed by atoms with Gasteiger partial charge in [-0.15, -0.1) is 0 Å². The van der Waals surface area contributed by atoms with E-state index in [9.17, 15) is 0 Å². The minimum atomic E-state index is 0.444. The van der Waals surface area contributed by atoms with Crippen LogP contribution in [-0.4, -0.2) is 26.8 Å². The third-order valence-electron chi connectivity index (χ3n) is 2.94. The molecule has 1 atom stereocenters. The van der Waals surface area contributed by atoms with Crippen LogP contribution >= 0.6 is 0 Å². The van der Waals surface area contributed by atoms with Crippen LogP contribution in [0.4, 0.5) is 0 Å². The van der Waals surface area contributed by atoms with Crippen molar-refractivity contribution in [1.82, 2.24) is 5.32 Å². The number of hydrogen-bond donors (Lipinski definition) is 1. The Bertz CT molecular complexity index is 322. The first-order chi connectivity index (χ1) is 8.15. The smallest absolute Gasteiger partial charge is 0.0543 e. The summed E-state index contributed by atoms with van der Waals surface area (Å²) < 4.78 is 5.33. The Morgan fingerprint density at radius 2 is 1.88 bits per heavy atom. The summed E-state index contributed by atoms with van der Waals surface area (Å²) in [5.74, 6) is 1.13. The molecule has 0 aliphatic carbocycles. The molecule has 1 N–H and O–H groups in total. The number of aryl methyl sites for hydroxylation is 1. The van der Waals surface area contributed by atoms with E-state index in [2.05, 4.69) is 50.4 Å². The molecule has 0 aromatic heterocycles. The minimum Gasteiger partial charge on any atom is -0.384 e. The monoisotopic (exact) mass is 235 g/mol. The zero-order chi connectivity index (χ0) is 12.7. The molecule has 0 radical (unpaired) electrons. The molecule has 0 spiro atoms. The van der Waals surface area contributed by atoms with Crippen molar-refractivity contribution in [3.8, 4) is 0 Å². The van der Waals surface area contributed by atoms with Crippen molar-refractivity contribution in [2.75, 3.05) is 26.8 Å². The van der Waals surface area contributed by atoms with Crippen molar-refractivity contribution in [2.45, 2.75) is 26.7 Å². The lowest BCUT2D eigenvalue weighted by Gasteiger charge is -2.20. The van der Waals surface area contributed by atoms with E-state index in [4.69, 9.17) is 4.74 Å². The second-order valence-corrected chi connectivity index (χ2v) is 5.06. The normalized spacial score (nSPS) is 13.0. The van der Waals surface area contributed by atoms with Gasteiger partial charge in [-0.05, 0) is 30.5 Å². The largest absolute Gasteiger partial charge is 0.384 e. The molecule has 2 heteroatoms. The lowest BCUT2D eigenvalue weighted by molar-refractivity contribution is 0.177. The second-order valence-electron chi connectivity index (χ2n) is 5.06. The number of rotatable bonds is 7. The summed E-state index contributed by atoms with van der Waals surface area (Å²) in [5.41, 5.74) is 2.74. The van der Waals surface area contributed by atoms with Crippen molar-refractivity contribution in [3.05, 3.63) is 35.4 Å². The second kappa shape index (κ2) is 7.46. The van der Waals surface area contributed by atoms with Gasteiger partial charge in [0.2, 0.25) is 0 Å². The van der Waals surface area contributed by atoms with Crippen LogP contribution in [0, 0.1) is 12.8 Å². The van der Waals surface area contributed by atoms with Gasteiger partial charge in [-0.3, -0.25) is 0 Å². The summed E-state index contributed by atoms with van der Waals surface area (Å²) in [6, 6.07) is 8.56. The van der Waals surface area contributed by atoms with Crippen LogP contribution in [0.25, 0.3) is 0 Å². The minimum absolute atomic E-state index is 0.444. The molecule has 1 unspecified atom stereocenters. The zero-order valence-electron chi connectivity index (χ0n) is 11.5. The van der Waals surface area contributed by atoms with Gasteiger partial charge in [0.05, 0.1) is 6.61 Å². The maximum atomic E-state index is 5.33. The van der Waals surface area contributed by atoms with Crippen LogP contribution in [0.1, 0.15) is 30.9 Å². The molecule has 0 amide bonds. The van der Waals surface area contributed by atoms with E-state index in [-0.39, 0.29) is 0 Å². The molecule has 17 heavy (non-hydrogen) atoms. The number of benzene rings is 1. The summed E-state index contributed by atoms with van der Waals surface area (Å²) in [6.07, 6.45) is 0. The Morgan fingerprint density at radius 1 is 1.18 bits per heavy atom. The third-order valence-corrected chi connectivity index (χ3v) is 2.94. The Labute approximate surface area is 105 Å². The highest BCUT2D eigenvalue weighted by Gasteiger charge is 2.13. The fourth-order valence-corrected chi connectivity index (χ4v) is 2.05. The first kappa shape index (κ1) is 14.2. The van der Waals surface area contributed by atoms with E-state index in [0.717, 1.165) is 19.7 Å². The number of methoxy groups -OCH3 is 1. The molecule has 0 bridgehead atoms. The molecular formula is C15H25NO. The van der Waals surface area contributed by atoms with Gasteiger partial charge in [-0.1, -0.05) is 38.1 Å². The molecular weight excluding hydrogens is 210 g/mol. The number of hydrogen-bond acceptors (Lipinski definition) is 2. The van der Waals surface area contributed by atoms with Gasteiger partial charge in [0, 0.05) is 19.6 Å².